The molecule has 0 N–H and O–H groups in total. The van der Waals surface area contributed by atoms with Crippen LogP contribution in [0.2, 0.25) is 0 Å². The van der Waals surface area contributed by atoms with E-state index in [2.05, 4.69) is 0 Å². The van der Waals surface area contributed by atoms with Gasteiger partial charge in [0.25, 0.3) is 0 Å². The summed E-state index contributed by atoms with van der Waals surface area (Å²) in [7, 11) is 0. The molecule has 2 aromatic carbocycles. The Bertz CT molecular complexity index is 644. The van der Waals surface area contributed by atoms with Crippen LogP contribution >= 0.6 is 0 Å². The third-order valence-corrected chi connectivity index (χ3v) is 3.35. The van der Waals surface area contributed by atoms with Crippen LogP contribution in [0.4, 0.5) is 22.0 Å². The Balaban J connectivity index is 2.46. The van der Waals surface area contributed by atoms with Crippen molar-refractivity contribution in [3.05, 3.63) is 58.4 Å². The summed E-state index contributed by atoms with van der Waals surface area (Å²) in [6.07, 6.45) is 0. The Morgan fingerprint density at radius 1 is 0.789 bits per heavy atom. The highest BCUT2D eigenvalue weighted by molar-refractivity contribution is 5.80. The van der Waals surface area contributed by atoms with E-state index in [1.165, 1.54) is 19.1 Å². The molecule has 0 saturated carbocycles. The lowest BCUT2D eigenvalue weighted by Gasteiger charge is -2.14. The molecule has 0 amide bonds. The first-order chi connectivity index (χ1) is 8.85. The van der Waals surface area contributed by atoms with Crippen molar-refractivity contribution < 1.29 is 22.0 Å². The van der Waals surface area contributed by atoms with Crippen LogP contribution in [0, 0.1) is 24.4 Å². The maximum atomic E-state index is 14.2. The lowest BCUT2D eigenvalue weighted by Crippen LogP contribution is -2.16. The van der Waals surface area contributed by atoms with Crippen molar-refractivity contribution in [2.45, 2.75) is 12.8 Å². The minimum Gasteiger partial charge on any atom is -0.206 e. The molecule has 0 radical (unpaired) electrons. The number of fused-ring (bicyclic) bond motifs is 3. The Kier molecular flexibility index (Phi) is 2.27. The number of rotatable bonds is 0. The summed E-state index contributed by atoms with van der Waals surface area (Å²) < 4.78 is 69.0. The largest absolute Gasteiger partial charge is 0.305 e. The van der Waals surface area contributed by atoms with Gasteiger partial charge in [-0.2, -0.15) is 8.78 Å². The van der Waals surface area contributed by atoms with E-state index in [0.717, 1.165) is 12.1 Å². The van der Waals surface area contributed by atoms with Gasteiger partial charge in [0, 0.05) is 0 Å². The molecule has 0 spiro atoms. The summed E-state index contributed by atoms with van der Waals surface area (Å²) >= 11 is 0. The SMILES string of the molecule is Cc1ccc2c(c1F)C(F)(F)c1c-2ccc(F)c1F. The number of hydrogen-bond acceptors (Lipinski definition) is 0. The van der Waals surface area contributed by atoms with E-state index in [4.69, 9.17) is 0 Å². The van der Waals surface area contributed by atoms with Gasteiger partial charge in [-0.15, -0.1) is 0 Å². The van der Waals surface area contributed by atoms with E-state index in [1.54, 1.807) is 0 Å². The normalized spacial score (nSPS) is 15.3. The number of halogens is 5. The fourth-order valence-electron chi connectivity index (χ4n) is 2.42. The first kappa shape index (κ1) is 12.1. The van der Waals surface area contributed by atoms with Crippen LogP contribution < -0.4 is 0 Å². The lowest BCUT2D eigenvalue weighted by molar-refractivity contribution is 0.0396. The van der Waals surface area contributed by atoms with Gasteiger partial charge in [-0.25, -0.2) is 13.2 Å². The third-order valence-electron chi connectivity index (χ3n) is 3.35. The van der Waals surface area contributed by atoms with Crippen LogP contribution in [0.25, 0.3) is 11.1 Å². The van der Waals surface area contributed by atoms with Crippen molar-refractivity contribution in [3.8, 4) is 11.1 Å². The minimum absolute atomic E-state index is 0.0344. The number of hydrogen-bond donors (Lipinski definition) is 0. The first-order valence-corrected chi connectivity index (χ1v) is 5.52. The molecule has 0 heterocycles. The van der Waals surface area contributed by atoms with Gasteiger partial charge >= 0.3 is 5.92 Å². The molecule has 0 saturated heterocycles. The van der Waals surface area contributed by atoms with Gasteiger partial charge < -0.3 is 0 Å². The Labute approximate surface area is 105 Å². The zero-order chi connectivity index (χ0) is 13.9. The average molecular weight is 270 g/mol. The monoisotopic (exact) mass is 270 g/mol. The average Bonchev–Trinajstić information content (AvgIpc) is 2.58. The molecule has 0 fully saturated rings. The smallest absolute Gasteiger partial charge is 0.206 e. The van der Waals surface area contributed by atoms with Crippen molar-refractivity contribution in [2.75, 3.05) is 0 Å². The second-order valence-corrected chi connectivity index (χ2v) is 4.48. The van der Waals surface area contributed by atoms with Crippen LogP contribution in [0.3, 0.4) is 0 Å². The van der Waals surface area contributed by atoms with Gasteiger partial charge in [0.1, 0.15) is 5.82 Å². The second-order valence-electron chi connectivity index (χ2n) is 4.48. The van der Waals surface area contributed by atoms with Gasteiger partial charge in [-0.3, -0.25) is 0 Å². The van der Waals surface area contributed by atoms with Crippen LogP contribution in [-0.4, -0.2) is 0 Å². The second kappa shape index (κ2) is 3.56. The van der Waals surface area contributed by atoms with Crippen LogP contribution in [0.15, 0.2) is 24.3 Å². The maximum absolute atomic E-state index is 14.2. The molecule has 3 rings (SSSR count). The molecule has 19 heavy (non-hydrogen) atoms. The Morgan fingerprint density at radius 2 is 1.32 bits per heavy atom. The summed E-state index contributed by atoms with van der Waals surface area (Å²) in [4.78, 5) is 0. The highest BCUT2D eigenvalue weighted by Crippen LogP contribution is 2.53. The van der Waals surface area contributed by atoms with E-state index in [-0.39, 0.29) is 16.7 Å². The molecule has 1 aliphatic carbocycles. The first-order valence-electron chi connectivity index (χ1n) is 5.52. The molecular weight excluding hydrogens is 263 g/mol. The summed E-state index contributed by atoms with van der Waals surface area (Å²) in [6.45, 7) is 1.34. The molecule has 0 unspecified atom stereocenters. The zero-order valence-corrected chi connectivity index (χ0v) is 9.70. The van der Waals surface area contributed by atoms with E-state index in [0.29, 0.717) is 0 Å². The third kappa shape index (κ3) is 1.38. The van der Waals surface area contributed by atoms with Crippen molar-refractivity contribution in [1.29, 1.82) is 0 Å². The van der Waals surface area contributed by atoms with Crippen molar-refractivity contribution in [2.24, 2.45) is 0 Å². The minimum atomic E-state index is -3.87. The van der Waals surface area contributed by atoms with E-state index in [9.17, 15) is 22.0 Å². The summed E-state index contributed by atoms with van der Waals surface area (Å²) in [5.41, 5.74) is -2.20. The predicted octanol–water partition coefficient (Wildman–Crippen LogP) is 4.53. The standard InChI is InChI=1S/C14H7F5/c1-6-2-3-7-8-4-5-9(15)13(17)11(8)14(18,19)10(7)12(6)16/h2-5H,1H3. The molecule has 2 aromatic rings. The molecule has 5 heteroatoms. The fourth-order valence-corrected chi connectivity index (χ4v) is 2.42. The number of benzene rings is 2. The molecule has 0 atom stereocenters. The van der Waals surface area contributed by atoms with Gasteiger partial charge in [0.2, 0.25) is 0 Å². The number of aryl methyl sites for hydroxylation is 1. The van der Waals surface area contributed by atoms with Crippen molar-refractivity contribution >= 4 is 0 Å². The number of alkyl halides is 2. The quantitative estimate of drug-likeness (QED) is 0.617. The summed E-state index contributed by atoms with van der Waals surface area (Å²) in [5.74, 6) is -7.95. The maximum Gasteiger partial charge on any atom is 0.305 e. The zero-order valence-electron chi connectivity index (χ0n) is 9.70. The topological polar surface area (TPSA) is 0 Å². The highest BCUT2D eigenvalue weighted by Gasteiger charge is 2.49. The molecule has 98 valence electrons. The lowest BCUT2D eigenvalue weighted by atomic mass is 10.0. The molecule has 0 aliphatic heterocycles. The van der Waals surface area contributed by atoms with Crippen molar-refractivity contribution in [3.63, 3.8) is 0 Å². The molecule has 0 nitrogen and oxygen atoms in total. The van der Waals surface area contributed by atoms with E-state index < -0.39 is 34.5 Å². The van der Waals surface area contributed by atoms with Crippen LogP contribution in [0.5, 0.6) is 0 Å². The Hall–Kier alpha value is -1.91. The van der Waals surface area contributed by atoms with E-state index >= 15 is 0 Å². The van der Waals surface area contributed by atoms with Crippen molar-refractivity contribution in [1.82, 2.24) is 0 Å². The molecule has 0 bridgehead atoms. The predicted molar refractivity (Wildman–Crippen MR) is 59.5 cm³/mol. The molecule has 0 aromatic heterocycles. The van der Waals surface area contributed by atoms with Gasteiger partial charge in [0.15, 0.2) is 11.6 Å². The van der Waals surface area contributed by atoms with Gasteiger partial charge in [-0.1, -0.05) is 18.2 Å². The van der Waals surface area contributed by atoms with E-state index in [1.807, 2.05) is 0 Å². The Morgan fingerprint density at radius 3 is 1.95 bits per heavy atom. The summed E-state index contributed by atoms with van der Waals surface area (Å²) in [6, 6.07) is 4.44. The fraction of sp³-hybridized carbons (Fsp3) is 0.143. The summed E-state index contributed by atoms with van der Waals surface area (Å²) in [5, 5.41) is 0. The molecule has 1 aliphatic rings. The highest BCUT2D eigenvalue weighted by atomic mass is 19.3. The van der Waals surface area contributed by atoms with Crippen LogP contribution in [0.1, 0.15) is 16.7 Å². The molecular formula is C14H7F5. The van der Waals surface area contributed by atoms with Gasteiger partial charge in [0.05, 0.1) is 11.1 Å². The van der Waals surface area contributed by atoms with Gasteiger partial charge in [-0.05, 0) is 29.7 Å². The van der Waals surface area contributed by atoms with Crippen LogP contribution in [-0.2, 0) is 5.92 Å².